The highest BCUT2D eigenvalue weighted by molar-refractivity contribution is 5.22. The fourth-order valence-corrected chi connectivity index (χ4v) is 2.81. The molecule has 122 valence electrons. The first-order valence-electron chi connectivity index (χ1n) is 8.92. The molecule has 1 N–H and O–H groups in total. The minimum Gasteiger partial charge on any atom is -0.345 e. The average Bonchev–Trinajstić information content (AvgIpc) is 2.83. The van der Waals surface area contributed by atoms with Gasteiger partial charge in [0, 0.05) is 17.0 Å². The van der Waals surface area contributed by atoms with E-state index in [-0.39, 0.29) is 5.41 Å². The molecule has 1 unspecified atom stereocenters. The Morgan fingerprint density at radius 2 is 1.71 bits per heavy atom. The van der Waals surface area contributed by atoms with Gasteiger partial charge >= 0.3 is 0 Å². The van der Waals surface area contributed by atoms with Gasteiger partial charge in [-0.15, -0.1) is 0 Å². The molecule has 0 spiro atoms. The van der Waals surface area contributed by atoms with Crippen LogP contribution in [-0.4, -0.2) is 9.97 Å². The Hall–Kier alpha value is -0.790. The van der Waals surface area contributed by atoms with Crippen LogP contribution in [0.15, 0.2) is 0 Å². The summed E-state index contributed by atoms with van der Waals surface area (Å²) in [4.78, 5) is 8.72. The van der Waals surface area contributed by atoms with Crippen molar-refractivity contribution in [2.45, 2.75) is 98.3 Å². The zero-order chi connectivity index (χ0) is 16.0. The molecule has 0 aliphatic rings. The number of rotatable bonds is 9. The number of aryl methyl sites for hydroxylation is 1. The van der Waals surface area contributed by atoms with Crippen LogP contribution in [0.1, 0.15) is 104 Å². The number of imidazole rings is 1. The summed E-state index contributed by atoms with van der Waals surface area (Å²) >= 11 is 0. The maximum absolute atomic E-state index is 5.04. The standard InChI is InChI=1S/C19H36N2/c1-8-10-11-13-19(6,7)18-20-16(12-9-2)17(21-18)15(5)14(3)4/h14-15H,8-13H2,1-7H3,(H,20,21). The Kier molecular flexibility index (Phi) is 6.96. The summed E-state index contributed by atoms with van der Waals surface area (Å²) in [5, 5.41) is 0. The highest BCUT2D eigenvalue weighted by Gasteiger charge is 2.27. The summed E-state index contributed by atoms with van der Waals surface area (Å²) in [7, 11) is 0. The van der Waals surface area contributed by atoms with Crippen LogP contribution in [0, 0.1) is 5.92 Å². The second-order valence-electron chi connectivity index (χ2n) is 7.57. The maximum Gasteiger partial charge on any atom is 0.112 e. The molecule has 0 aromatic carbocycles. The van der Waals surface area contributed by atoms with Crippen molar-refractivity contribution in [3.05, 3.63) is 17.2 Å². The van der Waals surface area contributed by atoms with Crippen LogP contribution in [0.3, 0.4) is 0 Å². The van der Waals surface area contributed by atoms with Crippen LogP contribution in [0.25, 0.3) is 0 Å². The SMILES string of the molecule is CCCCCC(C)(C)c1nc(C(C)C(C)C)c(CCC)[nH]1. The van der Waals surface area contributed by atoms with E-state index in [2.05, 4.69) is 53.5 Å². The molecule has 1 aromatic rings. The van der Waals surface area contributed by atoms with E-state index in [1.54, 1.807) is 0 Å². The van der Waals surface area contributed by atoms with Crippen molar-refractivity contribution in [1.29, 1.82) is 0 Å². The minimum absolute atomic E-state index is 0.159. The summed E-state index contributed by atoms with van der Waals surface area (Å²) in [6.45, 7) is 16.1. The van der Waals surface area contributed by atoms with E-state index in [1.807, 2.05) is 0 Å². The Bertz CT molecular complexity index is 415. The third-order valence-corrected chi connectivity index (χ3v) is 4.79. The molecule has 0 aliphatic carbocycles. The van der Waals surface area contributed by atoms with Crippen LogP contribution >= 0.6 is 0 Å². The molecular weight excluding hydrogens is 256 g/mol. The van der Waals surface area contributed by atoms with Gasteiger partial charge in [-0.3, -0.25) is 0 Å². The van der Waals surface area contributed by atoms with Crippen molar-refractivity contribution in [3.8, 4) is 0 Å². The van der Waals surface area contributed by atoms with Gasteiger partial charge in [0.2, 0.25) is 0 Å². The number of nitrogens with one attached hydrogen (secondary N) is 1. The third-order valence-electron chi connectivity index (χ3n) is 4.79. The fraction of sp³-hybridized carbons (Fsp3) is 0.842. The first kappa shape index (κ1) is 18.3. The van der Waals surface area contributed by atoms with E-state index in [4.69, 9.17) is 4.98 Å². The molecule has 0 fully saturated rings. The number of nitrogens with zero attached hydrogens (tertiary/aromatic N) is 1. The third kappa shape index (κ3) is 4.86. The molecule has 0 saturated heterocycles. The summed E-state index contributed by atoms with van der Waals surface area (Å²) < 4.78 is 0. The molecule has 2 nitrogen and oxygen atoms in total. The Balaban J connectivity index is 3.00. The van der Waals surface area contributed by atoms with Crippen molar-refractivity contribution in [2.24, 2.45) is 5.92 Å². The number of unbranched alkanes of at least 4 members (excludes halogenated alkanes) is 2. The molecular formula is C19H36N2. The van der Waals surface area contributed by atoms with Crippen LogP contribution in [-0.2, 0) is 11.8 Å². The number of hydrogen-bond acceptors (Lipinski definition) is 1. The van der Waals surface area contributed by atoms with Crippen LogP contribution in [0.2, 0.25) is 0 Å². The van der Waals surface area contributed by atoms with Gasteiger partial charge in [-0.2, -0.15) is 0 Å². The Morgan fingerprint density at radius 1 is 1.05 bits per heavy atom. The molecule has 0 saturated carbocycles. The van der Waals surface area contributed by atoms with Gasteiger partial charge in [-0.05, 0) is 18.8 Å². The lowest BCUT2D eigenvalue weighted by Crippen LogP contribution is -2.19. The van der Waals surface area contributed by atoms with E-state index in [0.29, 0.717) is 11.8 Å². The van der Waals surface area contributed by atoms with Gasteiger partial charge < -0.3 is 4.98 Å². The summed E-state index contributed by atoms with van der Waals surface area (Å²) in [5.41, 5.74) is 2.84. The smallest absolute Gasteiger partial charge is 0.112 e. The van der Waals surface area contributed by atoms with E-state index >= 15 is 0 Å². The maximum atomic E-state index is 5.04. The van der Waals surface area contributed by atoms with Crippen molar-refractivity contribution in [2.75, 3.05) is 0 Å². The fourth-order valence-electron chi connectivity index (χ4n) is 2.81. The topological polar surface area (TPSA) is 28.7 Å². The first-order chi connectivity index (χ1) is 9.83. The van der Waals surface area contributed by atoms with Gasteiger partial charge in [-0.25, -0.2) is 4.98 Å². The predicted molar refractivity (Wildman–Crippen MR) is 93.0 cm³/mol. The quantitative estimate of drug-likeness (QED) is 0.557. The number of aromatic amines is 1. The Labute approximate surface area is 132 Å². The second-order valence-corrected chi connectivity index (χ2v) is 7.57. The van der Waals surface area contributed by atoms with Crippen LogP contribution in [0.5, 0.6) is 0 Å². The molecule has 2 heteroatoms. The first-order valence-corrected chi connectivity index (χ1v) is 8.92. The van der Waals surface area contributed by atoms with Crippen molar-refractivity contribution in [3.63, 3.8) is 0 Å². The second kappa shape index (κ2) is 8.00. The highest BCUT2D eigenvalue weighted by atomic mass is 15.0. The summed E-state index contributed by atoms with van der Waals surface area (Å²) in [5.74, 6) is 2.37. The van der Waals surface area contributed by atoms with Gasteiger partial charge in [0.15, 0.2) is 0 Å². The van der Waals surface area contributed by atoms with E-state index in [9.17, 15) is 0 Å². The Morgan fingerprint density at radius 3 is 2.24 bits per heavy atom. The number of hydrogen-bond donors (Lipinski definition) is 1. The predicted octanol–water partition coefficient (Wildman–Crippen LogP) is 5.98. The van der Waals surface area contributed by atoms with Gasteiger partial charge in [0.25, 0.3) is 0 Å². The lowest BCUT2D eigenvalue weighted by atomic mass is 9.86. The number of aromatic nitrogens is 2. The van der Waals surface area contributed by atoms with E-state index < -0.39 is 0 Å². The lowest BCUT2D eigenvalue weighted by Gasteiger charge is -2.22. The van der Waals surface area contributed by atoms with Gasteiger partial charge in [-0.1, -0.05) is 74.1 Å². The lowest BCUT2D eigenvalue weighted by molar-refractivity contribution is 0.426. The average molecular weight is 293 g/mol. The molecule has 1 rings (SSSR count). The summed E-state index contributed by atoms with van der Waals surface area (Å²) in [6, 6.07) is 0. The van der Waals surface area contributed by atoms with E-state index in [1.165, 1.54) is 49.3 Å². The minimum atomic E-state index is 0.159. The molecule has 1 atom stereocenters. The van der Waals surface area contributed by atoms with Crippen molar-refractivity contribution >= 4 is 0 Å². The molecule has 1 heterocycles. The van der Waals surface area contributed by atoms with Crippen molar-refractivity contribution < 1.29 is 0 Å². The molecule has 0 amide bonds. The molecule has 0 aliphatic heterocycles. The molecule has 0 radical (unpaired) electrons. The van der Waals surface area contributed by atoms with Gasteiger partial charge in [0.05, 0.1) is 5.69 Å². The molecule has 0 bridgehead atoms. The zero-order valence-corrected chi connectivity index (χ0v) is 15.3. The molecule has 1 aromatic heterocycles. The normalized spacial score (nSPS) is 13.9. The monoisotopic (exact) mass is 292 g/mol. The highest BCUT2D eigenvalue weighted by Crippen LogP contribution is 2.32. The van der Waals surface area contributed by atoms with Crippen LogP contribution < -0.4 is 0 Å². The van der Waals surface area contributed by atoms with Crippen molar-refractivity contribution in [1.82, 2.24) is 9.97 Å². The molecule has 21 heavy (non-hydrogen) atoms. The van der Waals surface area contributed by atoms with Gasteiger partial charge in [0.1, 0.15) is 5.82 Å². The summed E-state index contributed by atoms with van der Waals surface area (Å²) in [6.07, 6.45) is 7.41. The number of H-pyrrole nitrogens is 1. The largest absolute Gasteiger partial charge is 0.345 e. The van der Waals surface area contributed by atoms with E-state index in [0.717, 1.165) is 6.42 Å². The van der Waals surface area contributed by atoms with Crippen LogP contribution in [0.4, 0.5) is 0 Å². The zero-order valence-electron chi connectivity index (χ0n) is 15.3.